The summed E-state index contributed by atoms with van der Waals surface area (Å²) in [6, 6.07) is 5.35. The van der Waals surface area contributed by atoms with Crippen LogP contribution in [0, 0.1) is 5.92 Å². The van der Waals surface area contributed by atoms with Crippen molar-refractivity contribution in [3.05, 3.63) is 35.4 Å². The number of rotatable bonds is 8. The van der Waals surface area contributed by atoms with E-state index >= 15 is 0 Å². The van der Waals surface area contributed by atoms with Gasteiger partial charge in [0.25, 0.3) is 17.7 Å². The summed E-state index contributed by atoms with van der Waals surface area (Å²) < 4.78 is 5.26. The standard InChI is InChI=1S/C19H24N2O5S/c1-11(2)9-20-16(22)12(3)26-19(25)15(10-27-4)21-17(23)13-7-5-6-8-14(13)18(21)24/h5-8,11-12,15H,9-10H2,1-4H3,(H,20,22)/t12-,15+/m1/s1. The SMILES string of the molecule is CSC[C@@H](C(=O)O[C@H](C)C(=O)NCC(C)C)N1C(=O)c2ccccc2C1=O. The summed E-state index contributed by atoms with van der Waals surface area (Å²) >= 11 is 1.31. The summed E-state index contributed by atoms with van der Waals surface area (Å²) in [5, 5.41) is 2.69. The Kier molecular flexibility index (Phi) is 7.01. The lowest BCUT2D eigenvalue weighted by Crippen LogP contribution is -2.49. The normalized spacial score (nSPS) is 15.5. The number of hydrogen-bond acceptors (Lipinski definition) is 6. The van der Waals surface area contributed by atoms with Gasteiger partial charge in [-0.3, -0.25) is 19.3 Å². The maximum absolute atomic E-state index is 12.7. The van der Waals surface area contributed by atoms with Crippen LogP contribution < -0.4 is 5.32 Å². The van der Waals surface area contributed by atoms with Gasteiger partial charge in [0.1, 0.15) is 6.04 Å². The molecule has 0 unspecified atom stereocenters. The minimum absolute atomic E-state index is 0.185. The number of ether oxygens (including phenoxy) is 1. The van der Waals surface area contributed by atoms with E-state index < -0.39 is 35.8 Å². The third-order valence-electron chi connectivity index (χ3n) is 4.08. The number of fused-ring (bicyclic) bond motifs is 1. The first-order valence-corrected chi connectivity index (χ1v) is 10.1. The Hall–Kier alpha value is -2.35. The number of carbonyl (C=O) groups is 4. The molecule has 0 fully saturated rings. The predicted octanol–water partition coefficient (Wildman–Crippen LogP) is 1.72. The quantitative estimate of drug-likeness (QED) is 0.535. The van der Waals surface area contributed by atoms with Crippen LogP contribution in [0.5, 0.6) is 0 Å². The van der Waals surface area contributed by atoms with E-state index in [2.05, 4.69) is 5.32 Å². The zero-order valence-corrected chi connectivity index (χ0v) is 16.7. The number of imide groups is 1. The molecule has 7 nitrogen and oxygen atoms in total. The van der Waals surface area contributed by atoms with Crippen LogP contribution in [0.4, 0.5) is 0 Å². The third kappa shape index (κ3) is 4.68. The molecule has 146 valence electrons. The number of thioether (sulfide) groups is 1. The fourth-order valence-corrected chi connectivity index (χ4v) is 3.25. The van der Waals surface area contributed by atoms with E-state index in [9.17, 15) is 19.2 Å². The molecule has 0 radical (unpaired) electrons. The number of amides is 3. The summed E-state index contributed by atoms with van der Waals surface area (Å²) in [7, 11) is 0. The first-order valence-electron chi connectivity index (χ1n) is 8.72. The first kappa shape index (κ1) is 21.0. The summed E-state index contributed by atoms with van der Waals surface area (Å²) in [6.45, 7) is 5.83. The monoisotopic (exact) mass is 392 g/mol. The van der Waals surface area contributed by atoms with Gasteiger partial charge in [-0.15, -0.1) is 0 Å². The van der Waals surface area contributed by atoms with Crippen molar-refractivity contribution in [1.82, 2.24) is 10.2 Å². The van der Waals surface area contributed by atoms with E-state index in [1.165, 1.54) is 18.7 Å². The van der Waals surface area contributed by atoms with E-state index in [0.717, 1.165) is 4.90 Å². The van der Waals surface area contributed by atoms with E-state index in [-0.39, 0.29) is 22.8 Å². The van der Waals surface area contributed by atoms with Crippen molar-refractivity contribution in [2.24, 2.45) is 5.92 Å². The topological polar surface area (TPSA) is 92.8 Å². The smallest absolute Gasteiger partial charge is 0.331 e. The molecule has 1 aliphatic rings. The van der Waals surface area contributed by atoms with Crippen LogP contribution in [-0.2, 0) is 14.3 Å². The van der Waals surface area contributed by atoms with Gasteiger partial charge >= 0.3 is 5.97 Å². The summed E-state index contributed by atoms with van der Waals surface area (Å²) in [5.74, 6) is -1.79. The van der Waals surface area contributed by atoms with Crippen LogP contribution in [0.3, 0.4) is 0 Å². The van der Waals surface area contributed by atoms with Crippen molar-refractivity contribution in [1.29, 1.82) is 0 Å². The third-order valence-corrected chi connectivity index (χ3v) is 4.73. The lowest BCUT2D eigenvalue weighted by molar-refractivity contribution is -0.157. The second-order valence-electron chi connectivity index (χ2n) is 6.72. The van der Waals surface area contributed by atoms with Gasteiger partial charge in [0.15, 0.2) is 6.10 Å². The average molecular weight is 392 g/mol. The van der Waals surface area contributed by atoms with Gasteiger partial charge < -0.3 is 10.1 Å². The van der Waals surface area contributed by atoms with Gasteiger partial charge in [-0.1, -0.05) is 26.0 Å². The van der Waals surface area contributed by atoms with Crippen molar-refractivity contribution in [2.75, 3.05) is 18.6 Å². The zero-order chi connectivity index (χ0) is 20.1. The van der Waals surface area contributed by atoms with E-state index in [0.29, 0.717) is 6.54 Å². The number of carbonyl (C=O) groups excluding carboxylic acids is 4. The second kappa shape index (κ2) is 9.03. The van der Waals surface area contributed by atoms with Crippen LogP contribution in [0.15, 0.2) is 24.3 Å². The highest BCUT2D eigenvalue weighted by Crippen LogP contribution is 2.26. The van der Waals surface area contributed by atoms with Crippen molar-refractivity contribution < 1.29 is 23.9 Å². The van der Waals surface area contributed by atoms with Crippen LogP contribution in [-0.4, -0.2) is 59.3 Å². The molecule has 1 aliphatic heterocycles. The van der Waals surface area contributed by atoms with Gasteiger partial charge in [0, 0.05) is 12.3 Å². The fourth-order valence-electron chi connectivity index (χ4n) is 2.65. The average Bonchev–Trinajstić information content (AvgIpc) is 2.88. The molecule has 2 rings (SSSR count). The molecule has 0 saturated heterocycles. The molecule has 8 heteroatoms. The highest BCUT2D eigenvalue weighted by Gasteiger charge is 2.43. The van der Waals surface area contributed by atoms with E-state index in [1.807, 2.05) is 13.8 Å². The van der Waals surface area contributed by atoms with E-state index in [1.54, 1.807) is 30.5 Å². The number of esters is 1. The van der Waals surface area contributed by atoms with Gasteiger partial charge in [-0.05, 0) is 31.2 Å². The number of benzene rings is 1. The van der Waals surface area contributed by atoms with Gasteiger partial charge in [0.2, 0.25) is 0 Å². The first-order chi connectivity index (χ1) is 12.8. The van der Waals surface area contributed by atoms with Crippen molar-refractivity contribution >= 4 is 35.5 Å². The van der Waals surface area contributed by atoms with Gasteiger partial charge in [0.05, 0.1) is 11.1 Å². The molecule has 0 saturated carbocycles. The summed E-state index contributed by atoms with van der Waals surface area (Å²) in [6.07, 6.45) is 0.743. The van der Waals surface area contributed by atoms with Crippen LogP contribution >= 0.6 is 11.8 Å². The molecule has 0 aromatic heterocycles. The molecule has 1 aromatic carbocycles. The van der Waals surface area contributed by atoms with Crippen LogP contribution in [0.25, 0.3) is 0 Å². The zero-order valence-electron chi connectivity index (χ0n) is 15.9. The molecular weight excluding hydrogens is 368 g/mol. The molecule has 2 atom stereocenters. The van der Waals surface area contributed by atoms with Crippen molar-refractivity contribution in [3.63, 3.8) is 0 Å². The van der Waals surface area contributed by atoms with Gasteiger partial charge in [-0.2, -0.15) is 11.8 Å². The van der Waals surface area contributed by atoms with Crippen LogP contribution in [0.2, 0.25) is 0 Å². The molecule has 0 aliphatic carbocycles. The predicted molar refractivity (Wildman–Crippen MR) is 103 cm³/mol. The maximum Gasteiger partial charge on any atom is 0.331 e. The Bertz CT molecular complexity index is 714. The molecule has 0 spiro atoms. The molecule has 27 heavy (non-hydrogen) atoms. The number of nitrogens with one attached hydrogen (secondary N) is 1. The lowest BCUT2D eigenvalue weighted by atomic mass is 10.1. The summed E-state index contributed by atoms with van der Waals surface area (Å²) in [4.78, 5) is 50.9. The molecule has 1 N–H and O–H groups in total. The molecule has 3 amide bonds. The summed E-state index contributed by atoms with van der Waals surface area (Å²) in [5.41, 5.74) is 0.535. The van der Waals surface area contributed by atoms with Crippen LogP contribution in [0.1, 0.15) is 41.5 Å². The Labute approximate surface area is 162 Å². The highest BCUT2D eigenvalue weighted by atomic mass is 32.2. The Morgan fingerprint density at radius 1 is 1.11 bits per heavy atom. The molecular formula is C19H24N2O5S. The minimum Gasteiger partial charge on any atom is -0.451 e. The Balaban J connectivity index is 2.13. The largest absolute Gasteiger partial charge is 0.451 e. The Morgan fingerprint density at radius 2 is 1.67 bits per heavy atom. The lowest BCUT2D eigenvalue weighted by Gasteiger charge is -2.25. The number of nitrogens with zero attached hydrogens (tertiary/aromatic N) is 1. The molecule has 1 heterocycles. The minimum atomic E-state index is -1.09. The van der Waals surface area contributed by atoms with Gasteiger partial charge in [-0.25, -0.2) is 4.79 Å². The fraction of sp³-hybridized carbons (Fsp3) is 0.474. The second-order valence-corrected chi connectivity index (χ2v) is 7.63. The number of hydrogen-bond donors (Lipinski definition) is 1. The van der Waals surface area contributed by atoms with E-state index in [4.69, 9.17) is 4.74 Å². The Morgan fingerprint density at radius 3 is 2.15 bits per heavy atom. The molecule has 0 bridgehead atoms. The van der Waals surface area contributed by atoms with Crippen molar-refractivity contribution in [3.8, 4) is 0 Å². The van der Waals surface area contributed by atoms with Crippen molar-refractivity contribution in [2.45, 2.75) is 32.9 Å². The molecule has 1 aromatic rings. The highest BCUT2D eigenvalue weighted by molar-refractivity contribution is 7.98. The maximum atomic E-state index is 12.7.